The average molecular weight is 433 g/mol. The summed E-state index contributed by atoms with van der Waals surface area (Å²) in [6, 6.07) is 21.7. The zero-order valence-corrected chi connectivity index (χ0v) is 18.4. The van der Waals surface area contributed by atoms with Gasteiger partial charge in [0.25, 0.3) is 5.56 Å². The van der Waals surface area contributed by atoms with Crippen molar-refractivity contribution >= 4 is 22.5 Å². The van der Waals surface area contributed by atoms with Crippen LogP contribution in [-0.4, -0.2) is 22.3 Å². The summed E-state index contributed by atoms with van der Waals surface area (Å²) in [5, 5.41) is 2.83. The molecule has 3 aromatic carbocycles. The lowest BCUT2D eigenvalue weighted by Crippen LogP contribution is -2.12. The van der Waals surface area contributed by atoms with E-state index in [1.807, 2.05) is 48.5 Å². The van der Waals surface area contributed by atoms with Gasteiger partial charge in [-0.25, -0.2) is 4.98 Å². The van der Waals surface area contributed by atoms with Crippen LogP contribution < -0.4 is 15.0 Å². The minimum absolute atomic E-state index is 0.190. The highest BCUT2D eigenvalue weighted by Gasteiger charge is 2.05. The second-order valence-electron chi connectivity index (χ2n) is 7.36. The van der Waals surface area contributed by atoms with E-state index in [-0.39, 0.29) is 12.2 Å². The Bertz CT molecular complexity index is 1230. The predicted molar refractivity (Wildman–Crippen MR) is 125 cm³/mol. The summed E-state index contributed by atoms with van der Waals surface area (Å²) in [6.07, 6.45) is 0. The van der Waals surface area contributed by atoms with E-state index in [0.29, 0.717) is 23.2 Å². The molecule has 0 amide bonds. The third-order valence-corrected chi connectivity index (χ3v) is 5.50. The van der Waals surface area contributed by atoms with Crippen LogP contribution in [0.5, 0.6) is 11.5 Å². The summed E-state index contributed by atoms with van der Waals surface area (Å²) in [5.41, 5.74) is 2.75. The molecule has 0 aliphatic rings. The molecule has 1 heterocycles. The van der Waals surface area contributed by atoms with Crippen LogP contribution >= 0.6 is 11.8 Å². The molecule has 6 heteroatoms. The molecule has 0 unspecified atom stereocenters. The number of hydrogen-bond acceptors (Lipinski definition) is 5. The number of aryl methyl sites for hydroxylation is 2. The fraction of sp³-hybridized carbons (Fsp3) is 0.200. The van der Waals surface area contributed by atoms with Crippen molar-refractivity contribution < 1.29 is 9.47 Å². The van der Waals surface area contributed by atoms with Gasteiger partial charge >= 0.3 is 0 Å². The average Bonchev–Trinajstić information content (AvgIpc) is 2.74. The molecule has 0 radical (unpaired) electrons. The minimum atomic E-state index is -0.190. The Morgan fingerprint density at radius 2 is 1.65 bits per heavy atom. The SMILES string of the molecule is Cc1cc(C)cc(OCCSc2nc(COc3ccc4ccccc4c3)cc(=O)[nH]2)c1. The molecular weight excluding hydrogens is 408 g/mol. The summed E-state index contributed by atoms with van der Waals surface area (Å²) >= 11 is 1.45. The van der Waals surface area contributed by atoms with Gasteiger partial charge in [0, 0.05) is 11.8 Å². The molecule has 0 spiro atoms. The van der Waals surface area contributed by atoms with Crippen molar-refractivity contribution in [2.75, 3.05) is 12.4 Å². The molecule has 0 saturated heterocycles. The van der Waals surface area contributed by atoms with E-state index in [1.165, 1.54) is 29.0 Å². The summed E-state index contributed by atoms with van der Waals surface area (Å²) in [6.45, 7) is 4.85. The zero-order valence-electron chi connectivity index (χ0n) is 17.6. The number of aromatic amines is 1. The molecule has 0 atom stereocenters. The van der Waals surface area contributed by atoms with Crippen LogP contribution in [0.1, 0.15) is 16.8 Å². The maximum absolute atomic E-state index is 12.0. The Balaban J connectivity index is 1.33. The standard InChI is InChI=1S/C25H24N2O3S/c1-17-11-18(2)13-23(12-17)29-9-10-31-25-26-21(15-24(28)27-25)16-30-22-8-7-19-5-3-4-6-20(19)14-22/h3-8,11-15H,9-10,16H2,1-2H3,(H,26,27,28). The van der Waals surface area contributed by atoms with E-state index in [9.17, 15) is 4.79 Å². The lowest BCUT2D eigenvalue weighted by molar-refractivity contribution is 0.300. The van der Waals surface area contributed by atoms with Crippen molar-refractivity contribution in [3.05, 3.63) is 93.9 Å². The van der Waals surface area contributed by atoms with Gasteiger partial charge in [0.2, 0.25) is 0 Å². The van der Waals surface area contributed by atoms with Gasteiger partial charge in [0.15, 0.2) is 5.16 Å². The van der Waals surface area contributed by atoms with E-state index in [2.05, 4.69) is 35.9 Å². The number of H-pyrrole nitrogens is 1. The number of rotatable bonds is 8. The van der Waals surface area contributed by atoms with Gasteiger partial charge in [-0.15, -0.1) is 0 Å². The highest BCUT2D eigenvalue weighted by Crippen LogP contribution is 2.21. The van der Waals surface area contributed by atoms with Gasteiger partial charge in [-0.2, -0.15) is 0 Å². The maximum atomic E-state index is 12.0. The largest absolute Gasteiger partial charge is 0.493 e. The van der Waals surface area contributed by atoms with Crippen molar-refractivity contribution in [3.8, 4) is 11.5 Å². The Hall–Kier alpha value is -3.25. The molecule has 0 aliphatic heterocycles. The first-order valence-electron chi connectivity index (χ1n) is 10.1. The molecule has 4 aromatic rings. The molecule has 0 aliphatic carbocycles. The van der Waals surface area contributed by atoms with Crippen molar-refractivity contribution in [2.45, 2.75) is 25.6 Å². The summed E-state index contributed by atoms with van der Waals surface area (Å²) in [7, 11) is 0. The first-order valence-corrected chi connectivity index (χ1v) is 11.1. The smallest absolute Gasteiger partial charge is 0.251 e. The Morgan fingerprint density at radius 3 is 2.45 bits per heavy atom. The number of fused-ring (bicyclic) bond motifs is 1. The molecule has 4 rings (SSSR count). The number of ether oxygens (including phenoxy) is 2. The summed E-state index contributed by atoms with van der Waals surface area (Å²) < 4.78 is 11.7. The highest BCUT2D eigenvalue weighted by molar-refractivity contribution is 7.99. The van der Waals surface area contributed by atoms with E-state index in [4.69, 9.17) is 9.47 Å². The molecule has 0 saturated carbocycles. The lowest BCUT2D eigenvalue weighted by atomic mass is 10.1. The fourth-order valence-corrected chi connectivity index (χ4v) is 4.07. The molecule has 31 heavy (non-hydrogen) atoms. The van der Waals surface area contributed by atoms with Gasteiger partial charge < -0.3 is 14.5 Å². The second-order valence-corrected chi connectivity index (χ2v) is 8.44. The van der Waals surface area contributed by atoms with E-state index in [0.717, 1.165) is 22.3 Å². The van der Waals surface area contributed by atoms with Gasteiger partial charge in [-0.3, -0.25) is 4.79 Å². The van der Waals surface area contributed by atoms with Crippen molar-refractivity contribution in [1.29, 1.82) is 0 Å². The number of thioether (sulfide) groups is 1. The van der Waals surface area contributed by atoms with E-state index in [1.54, 1.807) is 0 Å². The van der Waals surface area contributed by atoms with Gasteiger partial charge in [0.05, 0.1) is 12.3 Å². The quantitative estimate of drug-likeness (QED) is 0.233. The van der Waals surface area contributed by atoms with Crippen LogP contribution in [-0.2, 0) is 6.61 Å². The second kappa shape index (κ2) is 9.71. The Labute approximate surface area is 185 Å². The predicted octanol–water partition coefficient (Wildman–Crippen LogP) is 5.29. The molecule has 1 aromatic heterocycles. The summed E-state index contributed by atoms with van der Waals surface area (Å²) in [4.78, 5) is 19.3. The molecule has 5 nitrogen and oxygen atoms in total. The van der Waals surface area contributed by atoms with E-state index < -0.39 is 0 Å². The Morgan fingerprint density at radius 1 is 0.871 bits per heavy atom. The normalized spacial score (nSPS) is 10.9. The number of aromatic nitrogens is 2. The van der Waals surface area contributed by atoms with Gasteiger partial charge in [-0.05, 0) is 60.0 Å². The number of benzene rings is 3. The topological polar surface area (TPSA) is 64.2 Å². The number of hydrogen-bond donors (Lipinski definition) is 1. The molecule has 0 fully saturated rings. The maximum Gasteiger partial charge on any atom is 0.251 e. The van der Waals surface area contributed by atoms with Crippen molar-refractivity contribution in [1.82, 2.24) is 9.97 Å². The molecule has 0 bridgehead atoms. The number of nitrogens with zero attached hydrogens (tertiary/aromatic N) is 1. The molecule has 1 N–H and O–H groups in total. The van der Waals surface area contributed by atoms with Gasteiger partial charge in [-0.1, -0.05) is 48.2 Å². The first-order chi connectivity index (χ1) is 15.0. The summed E-state index contributed by atoms with van der Waals surface area (Å²) in [5.74, 6) is 2.28. The van der Waals surface area contributed by atoms with Crippen molar-refractivity contribution in [2.24, 2.45) is 0 Å². The van der Waals surface area contributed by atoms with Crippen molar-refractivity contribution in [3.63, 3.8) is 0 Å². The monoisotopic (exact) mass is 432 g/mol. The van der Waals surface area contributed by atoms with E-state index >= 15 is 0 Å². The first kappa shape index (κ1) is 21.0. The lowest BCUT2D eigenvalue weighted by Gasteiger charge is -2.09. The van der Waals surface area contributed by atoms with Crippen LogP contribution in [0.4, 0.5) is 0 Å². The third-order valence-electron chi connectivity index (χ3n) is 4.67. The minimum Gasteiger partial charge on any atom is -0.493 e. The van der Waals surface area contributed by atoms with Crippen LogP contribution in [0, 0.1) is 13.8 Å². The molecular formula is C25H24N2O3S. The highest BCUT2D eigenvalue weighted by atomic mass is 32.2. The van der Waals surface area contributed by atoms with Crippen LogP contribution in [0.15, 0.2) is 76.7 Å². The van der Waals surface area contributed by atoms with Crippen LogP contribution in [0.2, 0.25) is 0 Å². The third kappa shape index (κ3) is 5.89. The van der Waals surface area contributed by atoms with Crippen LogP contribution in [0.3, 0.4) is 0 Å². The van der Waals surface area contributed by atoms with Gasteiger partial charge in [0.1, 0.15) is 18.1 Å². The molecule has 158 valence electrons. The zero-order chi connectivity index (χ0) is 21.6. The number of nitrogens with one attached hydrogen (secondary N) is 1. The fourth-order valence-electron chi connectivity index (χ4n) is 3.35. The Kier molecular flexibility index (Phi) is 6.57. The van der Waals surface area contributed by atoms with Crippen LogP contribution in [0.25, 0.3) is 10.8 Å².